The number of nitrogens with zero attached hydrogens (tertiary/aromatic N) is 3. The third-order valence-corrected chi connectivity index (χ3v) is 3.95. The number of anilines is 1. The predicted molar refractivity (Wildman–Crippen MR) is 81.8 cm³/mol. The fourth-order valence-corrected chi connectivity index (χ4v) is 2.83. The second-order valence-corrected chi connectivity index (χ2v) is 5.48. The first-order valence-corrected chi connectivity index (χ1v) is 7.42. The third-order valence-electron chi connectivity index (χ3n) is 3.95. The van der Waals surface area contributed by atoms with Crippen LogP contribution in [-0.2, 0) is 6.54 Å². The Labute approximate surface area is 128 Å². The average Bonchev–Trinajstić information content (AvgIpc) is 3.06. The molecule has 5 nitrogen and oxygen atoms in total. The Kier molecular flexibility index (Phi) is 4.35. The highest BCUT2D eigenvalue weighted by Crippen LogP contribution is 2.24. The van der Waals surface area contributed by atoms with Crippen molar-refractivity contribution in [3.05, 3.63) is 47.8 Å². The van der Waals surface area contributed by atoms with Crippen molar-refractivity contribution in [2.45, 2.75) is 25.4 Å². The highest BCUT2D eigenvalue weighted by molar-refractivity contribution is 5.51. The molecule has 0 bridgehead atoms. The summed E-state index contributed by atoms with van der Waals surface area (Å²) in [4.78, 5) is 9.29. The van der Waals surface area contributed by atoms with Crippen LogP contribution in [-0.4, -0.2) is 29.1 Å². The number of piperidine rings is 1. The molecule has 2 heterocycles. The summed E-state index contributed by atoms with van der Waals surface area (Å²) < 4.78 is 14.1. The predicted octanol–water partition coefficient (Wildman–Crippen LogP) is 2.18. The van der Waals surface area contributed by atoms with Crippen LogP contribution in [0.2, 0.25) is 0 Å². The van der Waals surface area contributed by atoms with Crippen molar-refractivity contribution in [2.75, 3.05) is 18.0 Å². The molecule has 0 saturated carbocycles. The Morgan fingerprint density at radius 3 is 3.14 bits per heavy atom. The first kappa shape index (κ1) is 14.5. The third kappa shape index (κ3) is 3.26. The lowest BCUT2D eigenvalue weighted by molar-refractivity contribution is 0.415. The highest BCUT2D eigenvalue weighted by atomic mass is 19.1. The SMILES string of the molecule is N#Cc1ccc(N2CCCC(NCc3ncc[nH]3)C2)c(F)c1. The Morgan fingerprint density at radius 2 is 2.41 bits per heavy atom. The Bertz CT molecular complexity index is 662. The zero-order chi connectivity index (χ0) is 15.4. The summed E-state index contributed by atoms with van der Waals surface area (Å²) in [6, 6.07) is 6.92. The number of rotatable bonds is 4. The van der Waals surface area contributed by atoms with E-state index in [0.717, 1.165) is 31.8 Å². The number of aromatic amines is 1. The van der Waals surface area contributed by atoms with Gasteiger partial charge in [-0.1, -0.05) is 0 Å². The van der Waals surface area contributed by atoms with Crippen LogP contribution in [0.3, 0.4) is 0 Å². The van der Waals surface area contributed by atoms with Crippen molar-refractivity contribution in [3.8, 4) is 6.07 Å². The zero-order valence-electron chi connectivity index (χ0n) is 12.2. The van der Waals surface area contributed by atoms with E-state index in [4.69, 9.17) is 5.26 Å². The van der Waals surface area contributed by atoms with Crippen LogP contribution in [0, 0.1) is 17.1 Å². The molecule has 1 aromatic carbocycles. The number of aromatic nitrogens is 2. The van der Waals surface area contributed by atoms with Gasteiger partial charge in [0, 0.05) is 31.5 Å². The number of hydrogen-bond donors (Lipinski definition) is 2. The molecule has 0 amide bonds. The summed E-state index contributed by atoms with van der Waals surface area (Å²) in [5.74, 6) is 0.576. The lowest BCUT2D eigenvalue weighted by Gasteiger charge is -2.35. The molecule has 6 heteroatoms. The van der Waals surface area contributed by atoms with E-state index in [9.17, 15) is 4.39 Å². The molecule has 1 fully saturated rings. The molecule has 1 aliphatic heterocycles. The molecule has 1 atom stereocenters. The van der Waals surface area contributed by atoms with Crippen molar-refractivity contribution >= 4 is 5.69 Å². The van der Waals surface area contributed by atoms with Gasteiger partial charge in [-0.05, 0) is 31.0 Å². The van der Waals surface area contributed by atoms with Gasteiger partial charge in [0.1, 0.15) is 11.6 Å². The maximum atomic E-state index is 14.1. The maximum absolute atomic E-state index is 14.1. The second kappa shape index (κ2) is 6.58. The van der Waals surface area contributed by atoms with Crippen LogP contribution in [0.1, 0.15) is 24.2 Å². The second-order valence-electron chi connectivity index (χ2n) is 5.48. The van der Waals surface area contributed by atoms with Gasteiger partial charge in [0.15, 0.2) is 0 Å². The summed E-state index contributed by atoms with van der Waals surface area (Å²) in [6.45, 7) is 2.27. The van der Waals surface area contributed by atoms with Crippen molar-refractivity contribution in [2.24, 2.45) is 0 Å². The first-order chi connectivity index (χ1) is 10.8. The largest absolute Gasteiger partial charge is 0.368 e. The molecular formula is C16H18FN5. The van der Waals surface area contributed by atoms with Crippen molar-refractivity contribution in [3.63, 3.8) is 0 Å². The number of nitriles is 1. The van der Waals surface area contributed by atoms with Crippen molar-refractivity contribution in [1.82, 2.24) is 15.3 Å². The van der Waals surface area contributed by atoms with Crippen LogP contribution >= 0.6 is 0 Å². The molecule has 3 rings (SSSR count). The molecule has 0 radical (unpaired) electrons. The minimum Gasteiger partial charge on any atom is -0.368 e. The normalized spacial score (nSPS) is 18.2. The van der Waals surface area contributed by atoms with Gasteiger partial charge < -0.3 is 15.2 Å². The van der Waals surface area contributed by atoms with E-state index in [1.54, 1.807) is 24.5 Å². The Morgan fingerprint density at radius 1 is 1.50 bits per heavy atom. The highest BCUT2D eigenvalue weighted by Gasteiger charge is 2.22. The number of hydrogen-bond acceptors (Lipinski definition) is 4. The molecule has 0 aliphatic carbocycles. The summed E-state index contributed by atoms with van der Waals surface area (Å²) in [5.41, 5.74) is 0.925. The first-order valence-electron chi connectivity index (χ1n) is 7.42. The van der Waals surface area contributed by atoms with Gasteiger partial charge in [0.2, 0.25) is 0 Å². The number of halogens is 1. The molecule has 1 aliphatic rings. The molecular weight excluding hydrogens is 281 g/mol. The van der Waals surface area contributed by atoms with E-state index >= 15 is 0 Å². The lowest BCUT2D eigenvalue weighted by atomic mass is 10.0. The van der Waals surface area contributed by atoms with Gasteiger partial charge in [-0.2, -0.15) is 5.26 Å². The van der Waals surface area contributed by atoms with Crippen LogP contribution in [0.5, 0.6) is 0 Å². The Hall–Kier alpha value is -2.39. The van der Waals surface area contributed by atoms with Gasteiger partial charge in [-0.15, -0.1) is 0 Å². The van der Waals surface area contributed by atoms with Crippen LogP contribution < -0.4 is 10.2 Å². The molecule has 22 heavy (non-hydrogen) atoms. The van der Waals surface area contributed by atoms with E-state index in [-0.39, 0.29) is 5.82 Å². The molecule has 2 N–H and O–H groups in total. The van der Waals surface area contributed by atoms with E-state index in [1.165, 1.54) is 6.07 Å². The number of imidazole rings is 1. The van der Waals surface area contributed by atoms with Gasteiger partial charge >= 0.3 is 0 Å². The topological polar surface area (TPSA) is 67.7 Å². The minimum absolute atomic E-state index is 0.300. The molecule has 1 aromatic heterocycles. The standard InChI is InChI=1S/C16H18FN5/c17-14-8-12(9-18)3-4-15(14)22-7-1-2-13(11-22)21-10-16-19-5-6-20-16/h3-6,8,13,21H,1-2,7,10-11H2,(H,19,20). The van der Waals surface area contributed by atoms with Crippen LogP contribution in [0.4, 0.5) is 10.1 Å². The summed E-state index contributed by atoms with van der Waals surface area (Å²) in [7, 11) is 0. The molecule has 2 aromatic rings. The number of nitrogens with one attached hydrogen (secondary N) is 2. The van der Waals surface area contributed by atoms with E-state index in [1.807, 2.05) is 11.0 Å². The monoisotopic (exact) mass is 299 g/mol. The fourth-order valence-electron chi connectivity index (χ4n) is 2.83. The van der Waals surface area contributed by atoms with Gasteiger partial charge in [-0.3, -0.25) is 0 Å². The van der Waals surface area contributed by atoms with Gasteiger partial charge in [0.05, 0.1) is 23.9 Å². The number of H-pyrrole nitrogens is 1. The summed E-state index contributed by atoms with van der Waals surface area (Å²) in [6.07, 6.45) is 5.61. The average molecular weight is 299 g/mol. The summed E-state index contributed by atoms with van der Waals surface area (Å²) in [5, 5.41) is 12.3. The lowest BCUT2D eigenvalue weighted by Crippen LogP contribution is -2.45. The molecule has 1 saturated heterocycles. The fraction of sp³-hybridized carbons (Fsp3) is 0.375. The van der Waals surface area contributed by atoms with E-state index in [0.29, 0.717) is 23.8 Å². The Balaban J connectivity index is 1.64. The minimum atomic E-state index is -0.328. The van der Waals surface area contributed by atoms with Gasteiger partial charge in [0.25, 0.3) is 0 Å². The van der Waals surface area contributed by atoms with Crippen molar-refractivity contribution < 1.29 is 4.39 Å². The van der Waals surface area contributed by atoms with E-state index in [2.05, 4.69) is 15.3 Å². The summed E-state index contributed by atoms with van der Waals surface area (Å²) >= 11 is 0. The quantitative estimate of drug-likeness (QED) is 0.908. The molecule has 1 unspecified atom stereocenters. The van der Waals surface area contributed by atoms with Gasteiger partial charge in [-0.25, -0.2) is 9.37 Å². The van der Waals surface area contributed by atoms with Crippen LogP contribution in [0.25, 0.3) is 0 Å². The van der Waals surface area contributed by atoms with Crippen LogP contribution in [0.15, 0.2) is 30.6 Å². The number of benzene rings is 1. The van der Waals surface area contributed by atoms with Crippen molar-refractivity contribution in [1.29, 1.82) is 5.26 Å². The van der Waals surface area contributed by atoms with E-state index < -0.39 is 0 Å². The smallest absolute Gasteiger partial charge is 0.147 e. The zero-order valence-corrected chi connectivity index (χ0v) is 12.2. The molecule has 0 spiro atoms. The molecule has 114 valence electrons. The maximum Gasteiger partial charge on any atom is 0.147 e.